The van der Waals surface area contributed by atoms with E-state index in [1.54, 1.807) is 0 Å². The quantitative estimate of drug-likeness (QED) is 0.925. The van der Waals surface area contributed by atoms with Crippen molar-refractivity contribution < 1.29 is 14.3 Å². The summed E-state index contributed by atoms with van der Waals surface area (Å²) in [5.41, 5.74) is 1.88. The summed E-state index contributed by atoms with van der Waals surface area (Å²) in [7, 11) is 0. The van der Waals surface area contributed by atoms with Gasteiger partial charge in [-0.3, -0.25) is 4.79 Å². The van der Waals surface area contributed by atoms with Crippen molar-refractivity contribution in [2.75, 3.05) is 33.0 Å². The summed E-state index contributed by atoms with van der Waals surface area (Å²) < 4.78 is 10.8. The molecule has 0 saturated carbocycles. The van der Waals surface area contributed by atoms with E-state index < -0.39 is 0 Å². The van der Waals surface area contributed by atoms with Gasteiger partial charge < -0.3 is 19.7 Å². The Balaban J connectivity index is 1.37. The van der Waals surface area contributed by atoms with E-state index in [1.807, 2.05) is 17.0 Å². The summed E-state index contributed by atoms with van der Waals surface area (Å²) in [6.45, 7) is 4.23. The van der Waals surface area contributed by atoms with Crippen LogP contribution in [0.2, 0.25) is 0 Å². The molecule has 1 N–H and O–H groups in total. The van der Waals surface area contributed by atoms with Crippen LogP contribution in [0.5, 0.6) is 11.5 Å². The van der Waals surface area contributed by atoms with E-state index in [1.165, 1.54) is 19.3 Å². The Bertz CT molecular complexity index is 596. The number of carbonyl (C=O) groups excluding carboxylic acids is 1. The predicted octanol–water partition coefficient (Wildman–Crippen LogP) is 2.19. The summed E-state index contributed by atoms with van der Waals surface area (Å²) in [5, 5.41) is 3.46. The molecule has 1 aromatic carbocycles. The Kier molecular flexibility index (Phi) is 4.12. The molecule has 1 amide bonds. The predicted molar refractivity (Wildman–Crippen MR) is 87.0 cm³/mol. The molecule has 3 aliphatic rings. The Morgan fingerprint density at radius 1 is 1.26 bits per heavy atom. The molecule has 0 radical (unpaired) electrons. The lowest BCUT2D eigenvalue weighted by atomic mass is 9.94. The van der Waals surface area contributed by atoms with Gasteiger partial charge in [-0.25, -0.2) is 0 Å². The highest BCUT2D eigenvalue weighted by molar-refractivity contribution is 5.97. The zero-order valence-corrected chi connectivity index (χ0v) is 13.5. The fourth-order valence-corrected chi connectivity index (χ4v) is 3.87. The van der Waals surface area contributed by atoms with E-state index >= 15 is 0 Å². The van der Waals surface area contributed by atoms with Crippen molar-refractivity contribution in [3.05, 3.63) is 23.3 Å². The molecule has 1 aromatic rings. The summed E-state index contributed by atoms with van der Waals surface area (Å²) in [6.07, 6.45) is 5.83. The zero-order chi connectivity index (χ0) is 15.6. The molecule has 0 aromatic heterocycles. The summed E-state index contributed by atoms with van der Waals surface area (Å²) >= 11 is 0. The molecule has 5 nitrogen and oxygen atoms in total. The lowest BCUT2D eigenvalue weighted by molar-refractivity contribution is 0.0733. The van der Waals surface area contributed by atoms with Crippen LogP contribution in [0.4, 0.5) is 0 Å². The Labute approximate surface area is 136 Å². The zero-order valence-electron chi connectivity index (χ0n) is 13.5. The van der Waals surface area contributed by atoms with Gasteiger partial charge in [0.1, 0.15) is 0 Å². The monoisotopic (exact) mass is 316 g/mol. The van der Waals surface area contributed by atoms with Crippen LogP contribution in [0.1, 0.15) is 41.6 Å². The Hall–Kier alpha value is -1.75. The number of nitrogens with one attached hydrogen (secondary N) is 1. The number of rotatable bonds is 4. The van der Waals surface area contributed by atoms with Crippen molar-refractivity contribution in [1.82, 2.24) is 10.2 Å². The first-order chi connectivity index (χ1) is 11.3. The lowest BCUT2D eigenvalue weighted by Gasteiger charge is -2.30. The second kappa shape index (κ2) is 6.40. The van der Waals surface area contributed by atoms with E-state index in [9.17, 15) is 4.79 Å². The number of benzene rings is 1. The molecule has 3 aliphatic heterocycles. The molecule has 1 unspecified atom stereocenters. The van der Waals surface area contributed by atoms with Crippen LogP contribution < -0.4 is 14.8 Å². The standard InChI is InChI=1S/C18H24N2O3/c21-18-15-10-17-16(22-12-23-17)9-14(15)5-8-20(18)7-2-4-13-3-1-6-19-11-13/h9-10,13,19H,1-8,11-12H2. The number of ether oxygens (including phenoxy) is 2. The first-order valence-corrected chi connectivity index (χ1v) is 8.74. The molecule has 3 heterocycles. The molecule has 0 spiro atoms. The van der Waals surface area contributed by atoms with Crippen LogP contribution in [0, 0.1) is 5.92 Å². The second-order valence-electron chi connectivity index (χ2n) is 6.76. The minimum atomic E-state index is 0.145. The van der Waals surface area contributed by atoms with Gasteiger partial charge >= 0.3 is 0 Å². The number of piperidine rings is 1. The molecule has 1 saturated heterocycles. The highest BCUT2D eigenvalue weighted by atomic mass is 16.7. The topological polar surface area (TPSA) is 50.8 Å². The molecule has 1 atom stereocenters. The van der Waals surface area contributed by atoms with Crippen LogP contribution >= 0.6 is 0 Å². The highest BCUT2D eigenvalue weighted by Gasteiger charge is 2.28. The van der Waals surface area contributed by atoms with Gasteiger partial charge in [-0.05, 0) is 68.8 Å². The molecule has 4 rings (SSSR count). The molecule has 0 bridgehead atoms. The molecule has 1 fully saturated rings. The summed E-state index contributed by atoms with van der Waals surface area (Å²) in [5.74, 6) is 2.40. The highest BCUT2D eigenvalue weighted by Crippen LogP contribution is 2.36. The molecular weight excluding hydrogens is 292 g/mol. The van der Waals surface area contributed by atoms with E-state index in [2.05, 4.69) is 5.32 Å². The summed E-state index contributed by atoms with van der Waals surface area (Å²) in [6, 6.07) is 3.83. The average molecular weight is 316 g/mol. The van der Waals surface area contributed by atoms with Gasteiger partial charge in [0.2, 0.25) is 6.79 Å². The molecule has 23 heavy (non-hydrogen) atoms. The number of fused-ring (bicyclic) bond motifs is 2. The first-order valence-electron chi connectivity index (χ1n) is 8.74. The molecule has 124 valence electrons. The van der Waals surface area contributed by atoms with Gasteiger partial charge in [0.05, 0.1) is 0 Å². The van der Waals surface area contributed by atoms with Gasteiger partial charge in [-0.1, -0.05) is 0 Å². The van der Waals surface area contributed by atoms with Gasteiger partial charge in [-0.15, -0.1) is 0 Å². The summed E-state index contributed by atoms with van der Waals surface area (Å²) in [4.78, 5) is 14.7. The minimum Gasteiger partial charge on any atom is -0.454 e. The van der Waals surface area contributed by atoms with Crippen molar-refractivity contribution in [3.8, 4) is 11.5 Å². The maximum atomic E-state index is 12.7. The van der Waals surface area contributed by atoms with Gasteiger partial charge in [0.15, 0.2) is 11.5 Å². The smallest absolute Gasteiger partial charge is 0.254 e. The van der Waals surface area contributed by atoms with Crippen LogP contribution in [0.3, 0.4) is 0 Å². The van der Waals surface area contributed by atoms with Gasteiger partial charge in [0.25, 0.3) is 5.91 Å². The largest absolute Gasteiger partial charge is 0.454 e. The normalized spacial score (nSPS) is 23.0. The average Bonchev–Trinajstić information content (AvgIpc) is 3.04. The minimum absolute atomic E-state index is 0.145. The molecule has 5 heteroatoms. The van der Waals surface area contributed by atoms with Crippen LogP contribution in [-0.2, 0) is 6.42 Å². The van der Waals surface area contributed by atoms with Crippen molar-refractivity contribution in [2.24, 2.45) is 5.92 Å². The third kappa shape index (κ3) is 3.02. The second-order valence-corrected chi connectivity index (χ2v) is 6.76. The number of carbonyl (C=O) groups is 1. The van der Waals surface area contributed by atoms with E-state index in [4.69, 9.17) is 9.47 Å². The van der Waals surface area contributed by atoms with Crippen LogP contribution in [0.15, 0.2) is 12.1 Å². The molecular formula is C18H24N2O3. The van der Waals surface area contributed by atoms with Crippen LogP contribution in [0.25, 0.3) is 0 Å². The first kappa shape index (κ1) is 14.8. The van der Waals surface area contributed by atoms with Crippen molar-refractivity contribution in [2.45, 2.75) is 32.1 Å². The number of amides is 1. The number of nitrogens with zero attached hydrogens (tertiary/aromatic N) is 1. The van der Waals surface area contributed by atoms with E-state index in [0.29, 0.717) is 5.75 Å². The number of hydrogen-bond donors (Lipinski definition) is 1. The third-order valence-electron chi connectivity index (χ3n) is 5.21. The van der Waals surface area contributed by atoms with Crippen molar-refractivity contribution in [1.29, 1.82) is 0 Å². The Morgan fingerprint density at radius 3 is 2.96 bits per heavy atom. The van der Waals surface area contributed by atoms with E-state index in [-0.39, 0.29) is 12.7 Å². The van der Waals surface area contributed by atoms with Gasteiger partial charge in [0, 0.05) is 18.7 Å². The van der Waals surface area contributed by atoms with Crippen molar-refractivity contribution in [3.63, 3.8) is 0 Å². The SMILES string of the molecule is O=C1c2cc3c(cc2CCN1CCCC1CCCNC1)OCO3. The van der Waals surface area contributed by atoms with E-state index in [0.717, 1.165) is 61.8 Å². The fraction of sp³-hybridized carbons (Fsp3) is 0.611. The Morgan fingerprint density at radius 2 is 2.13 bits per heavy atom. The number of hydrogen-bond acceptors (Lipinski definition) is 4. The van der Waals surface area contributed by atoms with Crippen LogP contribution in [-0.4, -0.2) is 43.8 Å². The fourth-order valence-electron chi connectivity index (χ4n) is 3.87. The van der Waals surface area contributed by atoms with Gasteiger partial charge in [-0.2, -0.15) is 0 Å². The maximum absolute atomic E-state index is 12.7. The third-order valence-corrected chi connectivity index (χ3v) is 5.21. The maximum Gasteiger partial charge on any atom is 0.254 e. The molecule has 0 aliphatic carbocycles. The lowest BCUT2D eigenvalue weighted by Crippen LogP contribution is -2.38. The van der Waals surface area contributed by atoms with Crippen molar-refractivity contribution >= 4 is 5.91 Å².